The zero-order chi connectivity index (χ0) is 25.1. The molecule has 1 aliphatic rings. The number of rotatable bonds is 7. The summed E-state index contributed by atoms with van der Waals surface area (Å²) in [6, 6.07) is 21.6. The van der Waals surface area contributed by atoms with Crippen molar-refractivity contribution < 1.29 is 14.3 Å². The number of aromatic nitrogens is 2. The standard InChI is InChI=1S/C29H27N3O3S/c1-4-34-23-12-8-20(9-13-23)27-31-28-24(16-21-15-19(3)7-14-25(21)35-28)29(32-27)36-17-26(33)30-22-10-5-18(2)6-11-22/h5-15H,4,16-17H2,1-3H3,(H,30,33). The molecule has 0 bridgehead atoms. The van der Waals surface area contributed by atoms with Crippen molar-refractivity contribution in [1.29, 1.82) is 0 Å². The first-order chi connectivity index (χ1) is 17.5. The van der Waals surface area contributed by atoms with Gasteiger partial charge < -0.3 is 14.8 Å². The van der Waals surface area contributed by atoms with E-state index in [9.17, 15) is 4.79 Å². The highest BCUT2D eigenvalue weighted by Crippen LogP contribution is 2.40. The Labute approximate surface area is 215 Å². The number of carbonyl (C=O) groups is 1. The zero-order valence-electron chi connectivity index (χ0n) is 20.5. The highest BCUT2D eigenvalue weighted by molar-refractivity contribution is 8.00. The van der Waals surface area contributed by atoms with Crippen LogP contribution in [-0.2, 0) is 11.2 Å². The lowest BCUT2D eigenvalue weighted by molar-refractivity contribution is -0.113. The molecule has 0 atom stereocenters. The van der Waals surface area contributed by atoms with E-state index in [0.29, 0.717) is 24.7 Å². The van der Waals surface area contributed by atoms with Gasteiger partial charge in [0.05, 0.1) is 17.9 Å². The van der Waals surface area contributed by atoms with Gasteiger partial charge in [0.1, 0.15) is 16.5 Å². The van der Waals surface area contributed by atoms with Gasteiger partial charge in [-0.3, -0.25) is 4.79 Å². The van der Waals surface area contributed by atoms with Crippen molar-refractivity contribution in [3.63, 3.8) is 0 Å². The molecule has 0 saturated carbocycles. The molecule has 0 spiro atoms. The molecule has 1 aromatic heterocycles. The number of ether oxygens (including phenoxy) is 2. The van der Waals surface area contributed by atoms with E-state index in [1.165, 1.54) is 17.3 Å². The van der Waals surface area contributed by atoms with Gasteiger partial charge in [0.2, 0.25) is 11.8 Å². The highest BCUT2D eigenvalue weighted by atomic mass is 32.2. The predicted octanol–water partition coefficient (Wildman–Crippen LogP) is 6.59. The second-order valence-corrected chi connectivity index (χ2v) is 9.65. The molecule has 1 aliphatic heterocycles. The summed E-state index contributed by atoms with van der Waals surface area (Å²) in [4.78, 5) is 22.3. The van der Waals surface area contributed by atoms with E-state index in [-0.39, 0.29) is 11.7 Å². The first kappa shape index (κ1) is 23.9. The quantitative estimate of drug-likeness (QED) is 0.202. The van der Waals surface area contributed by atoms with Gasteiger partial charge >= 0.3 is 0 Å². The van der Waals surface area contributed by atoms with E-state index < -0.39 is 0 Å². The van der Waals surface area contributed by atoms with Crippen LogP contribution >= 0.6 is 11.8 Å². The van der Waals surface area contributed by atoms with Gasteiger partial charge in [-0.05, 0) is 68.8 Å². The van der Waals surface area contributed by atoms with Crippen molar-refractivity contribution in [2.24, 2.45) is 0 Å². The van der Waals surface area contributed by atoms with Crippen LogP contribution in [0.4, 0.5) is 5.69 Å². The molecule has 1 N–H and O–H groups in total. The molecule has 0 saturated heterocycles. The molecular formula is C29H27N3O3S. The lowest BCUT2D eigenvalue weighted by atomic mass is 10.0. The lowest BCUT2D eigenvalue weighted by Gasteiger charge is -2.22. The Balaban J connectivity index is 1.43. The average Bonchev–Trinajstić information content (AvgIpc) is 2.88. The normalized spacial score (nSPS) is 11.8. The van der Waals surface area contributed by atoms with Gasteiger partial charge in [-0.1, -0.05) is 47.2 Å². The summed E-state index contributed by atoms with van der Waals surface area (Å²) < 4.78 is 11.8. The molecule has 7 heteroatoms. The number of anilines is 1. The molecular weight excluding hydrogens is 470 g/mol. The molecule has 5 rings (SSSR count). The number of fused-ring (bicyclic) bond motifs is 2. The van der Waals surface area contributed by atoms with Gasteiger partial charge in [-0.15, -0.1) is 0 Å². The van der Waals surface area contributed by atoms with Crippen LogP contribution in [0.1, 0.15) is 29.2 Å². The molecule has 1 amide bonds. The molecule has 2 heterocycles. The Kier molecular flexibility index (Phi) is 6.91. The van der Waals surface area contributed by atoms with E-state index in [2.05, 4.69) is 18.3 Å². The van der Waals surface area contributed by atoms with Crippen molar-refractivity contribution in [2.45, 2.75) is 32.2 Å². The second-order valence-electron chi connectivity index (χ2n) is 8.69. The minimum absolute atomic E-state index is 0.0909. The van der Waals surface area contributed by atoms with Gasteiger partial charge in [-0.2, -0.15) is 4.98 Å². The minimum atomic E-state index is -0.0909. The minimum Gasteiger partial charge on any atom is -0.494 e. The molecule has 182 valence electrons. The Morgan fingerprint density at radius 3 is 2.50 bits per heavy atom. The molecule has 3 aromatic carbocycles. The predicted molar refractivity (Wildman–Crippen MR) is 143 cm³/mol. The lowest BCUT2D eigenvalue weighted by Crippen LogP contribution is -2.15. The zero-order valence-corrected chi connectivity index (χ0v) is 21.3. The summed E-state index contributed by atoms with van der Waals surface area (Å²) in [5.41, 5.74) is 5.93. The average molecular weight is 498 g/mol. The van der Waals surface area contributed by atoms with Crippen molar-refractivity contribution in [3.8, 4) is 28.8 Å². The fraction of sp³-hybridized carbons (Fsp3) is 0.207. The topological polar surface area (TPSA) is 73.3 Å². The summed E-state index contributed by atoms with van der Waals surface area (Å²) >= 11 is 1.40. The van der Waals surface area contributed by atoms with Crippen molar-refractivity contribution in [2.75, 3.05) is 17.7 Å². The highest BCUT2D eigenvalue weighted by Gasteiger charge is 2.25. The van der Waals surface area contributed by atoms with Crippen LogP contribution in [0.3, 0.4) is 0 Å². The van der Waals surface area contributed by atoms with Crippen LogP contribution in [-0.4, -0.2) is 28.2 Å². The fourth-order valence-corrected chi connectivity index (χ4v) is 4.83. The van der Waals surface area contributed by atoms with Crippen LogP contribution in [0.2, 0.25) is 0 Å². The van der Waals surface area contributed by atoms with Gasteiger partial charge in [-0.25, -0.2) is 4.98 Å². The summed E-state index contributed by atoms with van der Waals surface area (Å²) in [5.74, 6) is 2.81. The van der Waals surface area contributed by atoms with Crippen LogP contribution in [0.25, 0.3) is 11.4 Å². The van der Waals surface area contributed by atoms with E-state index in [1.54, 1.807) is 0 Å². The SMILES string of the molecule is CCOc1ccc(-c2nc3c(c(SCC(=O)Nc4ccc(C)cc4)n2)Cc2cc(C)ccc2O3)cc1. The van der Waals surface area contributed by atoms with Crippen molar-refractivity contribution in [1.82, 2.24) is 9.97 Å². The van der Waals surface area contributed by atoms with Crippen molar-refractivity contribution in [3.05, 3.63) is 89.0 Å². The molecule has 6 nitrogen and oxygen atoms in total. The third kappa shape index (κ3) is 5.36. The van der Waals surface area contributed by atoms with Gasteiger partial charge in [0.15, 0.2) is 5.82 Å². The Morgan fingerprint density at radius 1 is 1.00 bits per heavy atom. The van der Waals surface area contributed by atoms with Crippen molar-refractivity contribution >= 4 is 23.4 Å². The van der Waals surface area contributed by atoms with Crippen LogP contribution in [0.5, 0.6) is 17.4 Å². The van der Waals surface area contributed by atoms with Crippen LogP contribution in [0, 0.1) is 13.8 Å². The van der Waals surface area contributed by atoms with E-state index in [0.717, 1.165) is 44.5 Å². The van der Waals surface area contributed by atoms with E-state index in [1.807, 2.05) is 74.5 Å². The fourth-order valence-electron chi connectivity index (χ4n) is 4.00. The smallest absolute Gasteiger partial charge is 0.234 e. The third-order valence-corrected chi connectivity index (χ3v) is 6.84. The second kappa shape index (κ2) is 10.4. The molecule has 0 aliphatic carbocycles. The number of hydrogen-bond donors (Lipinski definition) is 1. The van der Waals surface area contributed by atoms with Gasteiger partial charge in [0.25, 0.3) is 0 Å². The van der Waals surface area contributed by atoms with Crippen LogP contribution in [0.15, 0.2) is 71.8 Å². The molecule has 0 radical (unpaired) electrons. The maximum Gasteiger partial charge on any atom is 0.234 e. The number of nitrogens with one attached hydrogen (secondary N) is 1. The van der Waals surface area contributed by atoms with Crippen LogP contribution < -0.4 is 14.8 Å². The van der Waals surface area contributed by atoms with E-state index >= 15 is 0 Å². The molecule has 0 fully saturated rings. The first-order valence-electron chi connectivity index (χ1n) is 11.9. The first-order valence-corrected chi connectivity index (χ1v) is 12.9. The number of hydrogen-bond acceptors (Lipinski definition) is 6. The summed E-state index contributed by atoms with van der Waals surface area (Å²) in [6.45, 7) is 6.64. The number of amides is 1. The third-order valence-electron chi connectivity index (χ3n) is 5.82. The summed E-state index contributed by atoms with van der Waals surface area (Å²) in [5, 5.41) is 3.70. The Morgan fingerprint density at radius 2 is 1.75 bits per heavy atom. The monoisotopic (exact) mass is 497 g/mol. The number of benzene rings is 3. The molecule has 4 aromatic rings. The summed E-state index contributed by atoms with van der Waals surface area (Å²) in [6.07, 6.45) is 0.651. The summed E-state index contributed by atoms with van der Waals surface area (Å²) in [7, 11) is 0. The molecule has 0 unspecified atom stereocenters. The molecule has 36 heavy (non-hydrogen) atoms. The number of nitrogens with zero attached hydrogens (tertiary/aromatic N) is 2. The maximum atomic E-state index is 12.7. The number of carbonyl (C=O) groups excluding carboxylic acids is 1. The largest absolute Gasteiger partial charge is 0.494 e. The maximum absolute atomic E-state index is 12.7. The Bertz CT molecular complexity index is 1400. The number of aryl methyl sites for hydroxylation is 2. The van der Waals surface area contributed by atoms with Gasteiger partial charge in [0, 0.05) is 17.7 Å². The number of thioether (sulfide) groups is 1. The Hall–Kier alpha value is -3.84. The van der Waals surface area contributed by atoms with E-state index in [4.69, 9.17) is 19.4 Å².